The van der Waals surface area contributed by atoms with Crippen molar-refractivity contribution in [2.45, 2.75) is 11.8 Å². The highest BCUT2D eigenvalue weighted by atomic mass is 35.5. The number of rotatable bonds is 6. The molecule has 9 heteroatoms. The standard InChI is InChI=1S/C17H17ClN2O5S/c1-11-6-7-15(14(18)8-11)20-16(21)10-25-17(22)12-4-3-5-13(9-12)26(23,24)19-2/h3-9,19H,10H2,1-2H3,(H,20,21). The molecule has 0 aliphatic rings. The number of hydrogen-bond donors (Lipinski definition) is 2. The van der Waals surface area contributed by atoms with Crippen LogP contribution in [0.5, 0.6) is 0 Å². The first-order chi connectivity index (χ1) is 12.2. The Morgan fingerprint density at radius 2 is 1.88 bits per heavy atom. The summed E-state index contributed by atoms with van der Waals surface area (Å²) < 4.78 is 30.6. The number of carbonyl (C=O) groups is 2. The van der Waals surface area contributed by atoms with Crippen LogP contribution in [0.15, 0.2) is 47.4 Å². The van der Waals surface area contributed by atoms with Gasteiger partial charge in [-0.15, -0.1) is 0 Å². The second-order valence-corrected chi connectivity index (χ2v) is 7.64. The summed E-state index contributed by atoms with van der Waals surface area (Å²) in [5.74, 6) is -1.38. The van der Waals surface area contributed by atoms with Crippen LogP contribution in [-0.2, 0) is 19.6 Å². The first kappa shape index (κ1) is 19.9. The quantitative estimate of drug-likeness (QED) is 0.730. The smallest absolute Gasteiger partial charge is 0.338 e. The van der Waals surface area contributed by atoms with Gasteiger partial charge in [0.05, 0.1) is 21.2 Å². The van der Waals surface area contributed by atoms with E-state index in [1.54, 1.807) is 18.2 Å². The highest BCUT2D eigenvalue weighted by Gasteiger charge is 2.16. The summed E-state index contributed by atoms with van der Waals surface area (Å²) in [6.45, 7) is 1.33. The number of carbonyl (C=O) groups excluding carboxylic acids is 2. The number of halogens is 1. The number of anilines is 1. The van der Waals surface area contributed by atoms with Crippen LogP contribution in [0.4, 0.5) is 5.69 Å². The summed E-state index contributed by atoms with van der Waals surface area (Å²) in [7, 11) is -2.42. The molecule has 138 valence electrons. The van der Waals surface area contributed by atoms with Gasteiger partial charge in [0.15, 0.2) is 6.61 Å². The van der Waals surface area contributed by atoms with Crippen molar-refractivity contribution in [2.75, 3.05) is 19.0 Å². The van der Waals surface area contributed by atoms with Crippen molar-refractivity contribution < 1.29 is 22.7 Å². The van der Waals surface area contributed by atoms with Crippen LogP contribution in [0.2, 0.25) is 5.02 Å². The summed E-state index contributed by atoms with van der Waals surface area (Å²) in [5, 5.41) is 2.91. The third kappa shape index (κ3) is 5.04. The van der Waals surface area contributed by atoms with Gasteiger partial charge >= 0.3 is 5.97 Å². The molecule has 7 nitrogen and oxygen atoms in total. The maximum Gasteiger partial charge on any atom is 0.338 e. The molecule has 2 aromatic carbocycles. The molecule has 2 aromatic rings. The van der Waals surface area contributed by atoms with Gasteiger partial charge in [0.1, 0.15) is 0 Å². The van der Waals surface area contributed by atoms with Crippen molar-refractivity contribution in [1.82, 2.24) is 4.72 Å². The van der Waals surface area contributed by atoms with Crippen molar-refractivity contribution >= 4 is 39.2 Å². The molecule has 0 radical (unpaired) electrons. The topological polar surface area (TPSA) is 102 Å². The molecule has 2 rings (SSSR count). The lowest BCUT2D eigenvalue weighted by molar-refractivity contribution is -0.119. The Bertz CT molecular complexity index is 944. The summed E-state index contributed by atoms with van der Waals surface area (Å²) >= 11 is 6.02. The van der Waals surface area contributed by atoms with Gasteiger partial charge in [-0.3, -0.25) is 4.79 Å². The number of ether oxygens (including phenoxy) is 1. The van der Waals surface area contributed by atoms with E-state index in [1.165, 1.54) is 31.3 Å². The molecule has 0 saturated carbocycles. The van der Waals surface area contributed by atoms with E-state index >= 15 is 0 Å². The molecule has 2 N–H and O–H groups in total. The second kappa shape index (κ2) is 8.31. The second-order valence-electron chi connectivity index (χ2n) is 5.34. The van der Waals surface area contributed by atoms with Crippen LogP contribution < -0.4 is 10.0 Å². The molecule has 0 atom stereocenters. The van der Waals surface area contributed by atoms with E-state index in [1.807, 2.05) is 6.92 Å². The van der Waals surface area contributed by atoms with Gasteiger partial charge < -0.3 is 10.1 Å². The predicted octanol–water partition coefficient (Wildman–Crippen LogP) is 2.35. The lowest BCUT2D eigenvalue weighted by Gasteiger charge is -2.09. The minimum absolute atomic E-state index is 0.0162. The first-order valence-corrected chi connectivity index (χ1v) is 9.36. The van der Waals surface area contributed by atoms with E-state index in [0.29, 0.717) is 10.7 Å². The fourth-order valence-corrected chi connectivity index (χ4v) is 3.09. The molecule has 26 heavy (non-hydrogen) atoms. The molecule has 0 bridgehead atoms. The van der Waals surface area contributed by atoms with E-state index < -0.39 is 28.5 Å². The van der Waals surface area contributed by atoms with Gasteiger partial charge in [0.2, 0.25) is 10.0 Å². The number of benzene rings is 2. The molecule has 0 aliphatic heterocycles. The molecule has 0 heterocycles. The van der Waals surface area contributed by atoms with E-state index in [2.05, 4.69) is 10.0 Å². The van der Waals surface area contributed by atoms with Crippen LogP contribution in [-0.4, -0.2) is 33.9 Å². The third-order valence-corrected chi connectivity index (χ3v) is 5.11. The SMILES string of the molecule is CNS(=O)(=O)c1cccc(C(=O)OCC(=O)Nc2ccc(C)cc2Cl)c1. The summed E-state index contributed by atoms with van der Waals surface area (Å²) in [4.78, 5) is 23.9. The summed E-state index contributed by atoms with van der Waals surface area (Å²) in [6, 6.07) is 10.4. The minimum atomic E-state index is -3.69. The number of hydrogen-bond acceptors (Lipinski definition) is 5. The van der Waals surface area contributed by atoms with Crippen molar-refractivity contribution in [2.24, 2.45) is 0 Å². The molecule has 0 aliphatic carbocycles. The third-order valence-electron chi connectivity index (χ3n) is 3.38. The molecule has 0 fully saturated rings. The van der Waals surface area contributed by atoms with Gasteiger partial charge in [-0.05, 0) is 49.9 Å². The van der Waals surface area contributed by atoms with E-state index in [-0.39, 0.29) is 10.5 Å². The average molecular weight is 397 g/mol. The maximum atomic E-state index is 12.0. The van der Waals surface area contributed by atoms with Crippen LogP contribution in [0.3, 0.4) is 0 Å². The Hall–Kier alpha value is -2.42. The molecule has 0 spiro atoms. The molecular formula is C17H17ClN2O5S. The number of nitrogens with one attached hydrogen (secondary N) is 2. The van der Waals surface area contributed by atoms with Crippen LogP contribution >= 0.6 is 11.6 Å². The van der Waals surface area contributed by atoms with Crippen molar-refractivity contribution in [1.29, 1.82) is 0 Å². The fourth-order valence-electron chi connectivity index (χ4n) is 2.03. The summed E-state index contributed by atoms with van der Waals surface area (Å²) in [5.41, 5.74) is 1.36. The van der Waals surface area contributed by atoms with Crippen molar-refractivity contribution in [3.63, 3.8) is 0 Å². The Morgan fingerprint density at radius 1 is 1.15 bits per heavy atom. The summed E-state index contributed by atoms with van der Waals surface area (Å²) in [6.07, 6.45) is 0. The normalized spacial score (nSPS) is 11.0. The molecule has 0 unspecified atom stereocenters. The zero-order valence-corrected chi connectivity index (χ0v) is 15.6. The van der Waals surface area contributed by atoms with Gasteiger partial charge in [-0.1, -0.05) is 23.7 Å². The van der Waals surface area contributed by atoms with Crippen molar-refractivity contribution in [3.05, 3.63) is 58.6 Å². The molecule has 1 amide bonds. The molecule has 0 saturated heterocycles. The first-order valence-electron chi connectivity index (χ1n) is 7.49. The minimum Gasteiger partial charge on any atom is -0.452 e. The van der Waals surface area contributed by atoms with E-state index in [4.69, 9.17) is 16.3 Å². The Balaban J connectivity index is 2.00. The Kier molecular flexibility index (Phi) is 6.36. The molecule has 0 aromatic heterocycles. The van der Waals surface area contributed by atoms with Crippen molar-refractivity contribution in [3.8, 4) is 0 Å². The average Bonchev–Trinajstić information content (AvgIpc) is 2.62. The molecular weight excluding hydrogens is 380 g/mol. The van der Waals surface area contributed by atoms with Crippen LogP contribution in [0, 0.1) is 6.92 Å². The lowest BCUT2D eigenvalue weighted by Crippen LogP contribution is -2.22. The van der Waals surface area contributed by atoms with Gasteiger partial charge in [-0.25, -0.2) is 17.9 Å². The van der Waals surface area contributed by atoms with Crippen LogP contribution in [0.1, 0.15) is 15.9 Å². The number of amides is 1. The number of aryl methyl sites for hydroxylation is 1. The van der Waals surface area contributed by atoms with Gasteiger partial charge in [0, 0.05) is 0 Å². The van der Waals surface area contributed by atoms with E-state index in [0.717, 1.165) is 5.56 Å². The van der Waals surface area contributed by atoms with Gasteiger partial charge in [0.25, 0.3) is 5.91 Å². The number of esters is 1. The lowest BCUT2D eigenvalue weighted by atomic mass is 10.2. The fraction of sp³-hybridized carbons (Fsp3) is 0.176. The Labute approximate surface area is 156 Å². The highest BCUT2D eigenvalue weighted by Crippen LogP contribution is 2.22. The maximum absolute atomic E-state index is 12.0. The Morgan fingerprint density at radius 3 is 2.54 bits per heavy atom. The van der Waals surface area contributed by atoms with E-state index in [9.17, 15) is 18.0 Å². The van der Waals surface area contributed by atoms with Crippen LogP contribution in [0.25, 0.3) is 0 Å². The number of sulfonamides is 1. The monoisotopic (exact) mass is 396 g/mol. The largest absolute Gasteiger partial charge is 0.452 e. The zero-order valence-electron chi connectivity index (χ0n) is 14.1. The highest BCUT2D eigenvalue weighted by molar-refractivity contribution is 7.89. The predicted molar refractivity (Wildman–Crippen MR) is 97.8 cm³/mol. The van der Waals surface area contributed by atoms with Gasteiger partial charge in [-0.2, -0.15) is 0 Å². The zero-order chi connectivity index (χ0) is 19.3.